The lowest BCUT2D eigenvalue weighted by Gasteiger charge is -2.10. The normalized spacial score (nSPS) is 12.5. The molecule has 0 saturated carbocycles. The summed E-state index contributed by atoms with van der Waals surface area (Å²) in [5.74, 6) is 0. The summed E-state index contributed by atoms with van der Waals surface area (Å²) in [4.78, 5) is 1.92. The van der Waals surface area contributed by atoms with Crippen molar-refractivity contribution in [2.45, 2.75) is 22.8 Å². The molecule has 0 saturated heterocycles. The van der Waals surface area contributed by atoms with Crippen LogP contribution in [0.5, 0.6) is 0 Å². The Balaban J connectivity index is 2.31. The van der Waals surface area contributed by atoms with Gasteiger partial charge in [-0.2, -0.15) is 0 Å². The minimum Gasteiger partial charge on any atom is -0.389 e. The van der Waals surface area contributed by atoms with E-state index in [1.54, 1.807) is 19.1 Å². The molecule has 1 N–H and O–H groups in total. The molecule has 0 heterocycles. The van der Waals surface area contributed by atoms with Crippen molar-refractivity contribution in [3.63, 3.8) is 0 Å². The van der Waals surface area contributed by atoms with Crippen LogP contribution in [0.3, 0.4) is 0 Å². The van der Waals surface area contributed by atoms with Gasteiger partial charge in [-0.05, 0) is 58.7 Å². The Hall–Kier alpha value is -0.190. The molecule has 0 aliphatic rings. The zero-order chi connectivity index (χ0) is 14.0. The van der Waals surface area contributed by atoms with Gasteiger partial charge in [-0.3, -0.25) is 0 Å². The summed E-state index contributed by atoms with van der Waals surface area (Å²) in [6.45, 7) is 1.74. The molecule has 0 aliphatic carbocycles. The fourth-order valence-electron chi connectivity index (χ4n) is 1.53. The number of aliphatic hydroxyl groups excluding tert-OH is 1. The van der Waals surface area contributed by atoms with Crippen molar-refractivity contribution >= 4 is 50.9 Å². The summed E-state index contributed by atoms with van der Waals surface area (Å²) in [6.07, 6.45) is -0.481. The Bertz CT molecular complexity index is 602. The first kappa shape index (κ1) is 15.2. The van der Waals surface area contributed by atoms with E-state index < -0.39 is 6.10 Å². The van der Waals surface area contributed by atoms with Crippen LogP contribution in [0, 0.1) is 0 Å². The molecule has 0 aromatic heterocycles. The number of rotatable bonds is 3. The van der Waals surface area contributed by atoms with Crippen LogP contribution in [0.2, 0.25) is 10.0 Å². The molecule has 0 radical (unpaired) electrons. The number of halogens is 3. The first-order valence-corrected chi connectivity index (χ1v) is 7.94. The van der Waals surface area contributed by atoms with Gasteiger partial charge in [0.05, 0.1) is 11.1 Å². The molecule has 0 fully saturated rings. The van der Waals surface area contributed by atoms with Crippen molar-refractivity contribution in [1.29, 1.82) is 0 Å². The van der Waals surface area contributed by atoms with Gasteiger partial charge in [0.2, 0.25) is 0 Å². The van der Waals surface area contributed by atoms with Gasteiger partial charge < -0.3 is 5.11 Å². The van der Waals surface area contributed by atoms with E-state index in [1.807, 2.05) is 24.3 Å². The Morgan fingerprint density at radius 1 is 1.11 bits per heavy atom. The largest absolute Gasteiger partial charge is 0.389 e. The van der Waals surface area contributed by atoms with Gasteiger partial charge in [0.25, 0.3) is 0 Å². The maximum absolute atomic E-state index is 9.54. The smallest absolute Gasteiger partial charge is 0.0762 e. The predicted molar refractivity (Wildman–Crippen MR) is 85.4 cm³/mol. The molecule has 0 bridgehead atoms. The zero-order valence-electron chi connectivity index (χ0n) is 10.0. The average molecular weight is 378 g/mol. The predicted octanol–water partition coefficient (Wildman–Crippen LogP) is 5.96. The summed E-state index contributed by atoms with van der Waals surface area (Å²) < 4.78 is 0.923. The second-order valence-electron chi connectivity index (χ2n) is 4.04. The lowest BCUT2D eigenvalue weighted by Crippen LogP contribution is -1.91. The van der Waals surface area contributed by atoms with Gasteiger partial charge in [-0.25, -0.2) is 0 Å². The molecule has 1 nitrogen and oxygen atoms in total. The third kappa shape index (κ3) is 3.89. The van der Waals surface area contributed by atoms with E-state index in [0.717, 1.165) is 19.8 Å². The Morgan fingerprint density at radius 2 is 1.84 bits per heavy atom. The van der Waals surface area contributed by atoms with E-state index in [2.05, 4.69) is 15.9 Å². The molecule has 1 unspecified atom stereocenters. The van der Waals surface area contributed by atoms with Crippen molar-refractivity contribution in [3.05, 3.63) is 56.5 Å². The van der Waals surface area contributed by atoms with E-state index in [0.29, 0.717) is 10.0 Å². The number of aliphatic hydroxyl groups is 1. The van der Waals surface area contributed by atoms with Crippen molar-refractivity contribution in [3.8, 4) is 0 Å². The first-order chi connectivity index (χ1) is 8.97. The van der Waals surface area contributed by atoms with Crippen molar-refractivity contribution in [2.24, 2.45) is 0 Å². The molecule has 0 aliphatic heterocycles. The molecule has 100 valence electrons. The SMILES string of the molecule is CC(O)c1ccc(Sc2cc(Cl)ccc2Cl)c(Br)c1. The van der Waals surface area contributed by atoms with Crippen molar-refractivity contribution in [2.75, 3.05) is 0 Å². The fourth-order valence-corrected chi connectivity index (χ4v) is 3.52. The van der Waals surface area contributed by atoms with E-state index in [4.69, 9.17) is 23.2 Å². The zero-order valence-corrected chi connectivity index (χ0v) is 13.9. The van der Waals surface area contributed by atoms with Crippen molar-refractivity contribution < 1.29 is 5.11 Å². The Labute approximate surface area is 135 Å². The maximum atomic E-state index is 9.54. The second-order valence-corrected chi connectivity index (χ2v) is 6.82. The van der Waals surface area contributed by atoms with E-state index in [9.17, 15) is 5.11 Å². The van der Waals surface area contributed by atoms with Crippen LogP contribution in [0.1, 0.15) is 18.6 Å². The molecule has 19 heavy (non-hydrogen) atoms. The number of benzene rings is 2. The number of hydrogen-bond acceptors (Lipinski definition) is 2. The second kappa shape index (κ2) is 6.51. The molecule has 1 atom stereocenters. The minimum atomic E-state index is -0.481. The standard InChI is InChI=1S/C14H11BrCl2OS/c1-8(18)9-2-5-13(11(15)6-9)19-14-7-10(16)3-4-12(14)17/h2-8,18H,1H3. The summed E-state index contributed by atoms with van der Waals surface area (Å²) in [7, 11) is 0. The van der Waals surface area contributed by atoms with Gasteiger partial charge in [-0.15, -0.1) is 0 Å². The highest BCUT2D eigenvalue weighted by Gasteiger charge is 2.09. The molecule has 0 amide bonds. The minimum absolute atomic E-state index is 0.481. The monoisotopic (exact) mass is 376 g/mol. The molecular formula is C14H11BrCl2OS. The highest BCUT2D eigenvalue weighted by molar-refractivity contribution is 9.10. The lowest BCUT2D eigenvalue weighted by atomic mass is 10.1. The van der Waals surface area contributed by atoms with Gasteiger partial charge >= 0.3 is 0 Å². The van der Waals surface area contributed by atoms with E-state index >= 15 is 0 Å². The van der Waals surface area contributed by atoms with Crippen LogP contribution in [-0.2, 0) is 0 Å². The molecular weight excluding hydrogens is 367 g/mol. The Morgan fingerprint density at radius 3 is 2.47 bits per heavy atom. The van der Waals surface area contributed by atoms with Crippen LogP contribution in [0.15, 0.2) is 50.7 Å². The molecule has 2 aromatic rings. The average Bonchev–Trinajstić information content (AvgIpc) is 2.36. The molecule has 0 spiro atoms. The third-order valence-electron chi connectivity index (χ3n) is 2.55. The van der Waals surface area contributed by atoms with Crippen LogP contribution in [-0.4, -0.2) is 5.11 Å². The maximum Gasteiger partial charge on any atom is 0.0762 e. The van der Waals surface area contributed by atoms with Gasteiger partial charge in [0.15, 0.2) is 0 Å². The molecule has 2 rings (SSSR count). The van der Waals surface area contributed by atoms with Crippen LogP contribution < -0.4 is 0 Å². The Kier molecular flexibility index (Phi) is 5.21. The summed E-state index contributed by atoms with van der Waals surface area (Å²) in [6, 6.07) is 11.1. The quantitative estimate of drug-likeness (QED) is 0.711. The number of hydrogen-bond donors (Lipinski definition) is 1. The highest BCUT2D eigenvalue weighted by Crippen LogP contribution is 2.39. The summed E-state index contributed by atoms with van der Waals surface area (Å²) >= 11 is 17.2. The van der Waals surface area contributed by atoms with Gasteiger partial charge in [0.1, 0.15) is 0 Å². The van der Waals surface area contributed by atoms with Crippen molar-refractivity contribution in [1.82, 2.24) is 0 Å². The van der Waals surface area contributed by atoms with Gasteiger partial charge in [-0.1, -0.05) is 41.0 Å². The third-order valence-corrected chi connectivity index (χ3v) is 5.28. The van der Waals surface area contributed by atoms with Crippen LogP contribution in [0.4, 0.5) is 0 Å². The van der Waals surface area contributed by atoms with Gasteiger partial charge in [0, 0.05) is 19.3 Å². The fraction of sp³-hybridized carbons (Fsp3) is 0.143. The lowest BCUT2D eigenvalue weighted by molar-refractivity contribution is 0.199. The van der Waals surface area contributed by atoms with E-state index in [-0.39, 0.29) is 0 Å². The summed E-state index contributed by atoms with van der Waals surface area (Å²) in [5.41, 5.74) is 0.869. The van der Waals surface area contributed by atoms with Crippen LogP contribution in [0.25, 0.3) is 0 Å². The molecule has 5 heteroatoms. The molecule has 2 aromatic carbocycles. The summed E-state index contributed by atoms with van der Waals surface area (Å²) in [5, 5.41) is 10.9. The van der Waals surface area contributed by atoms with Crippen LogP contribution >= 0.6 is 50.9 Å². The van der Waals surface area contributed by atoms with E-state index in [1.165, 1.54) is 11.8 Å². The highest BCUT2D eigenvalue weighted by atomic mass is 79.9. The topological polar surface area (TPSA) is 20.2 Å². The first-order valence-electron chi connectivity index (χ1n) is 5.58.